The predicted octanol–water partition coefficient (Wildman–Crippen LogP) is 1.65. The second kappa shape index (κ2) is 3.80. The summed E-state index contributed by atoms with van der Waals surface area (Å²) in [6.07, 6.45) is 1.68. The van der Waals surface area contributed by atoms with E-state index in [2.05, 4.69) is 12.2 Å². The zero-order valence-electron chi connectivity index (χ0n) is 10.5. The average molecular weight is 246 g/mol. The van der Waals surface area contributed by atoms with Crippen LogP contribution in [0, 0.1) is 5.41 Å². The van der Waals surface area contributed by atoms with E-state index in [4.69, 9.17) is 10.5 Å². The van der Waals surface area contributed by atoms with Crippen LogP contribution < -0.4 is 11.1 Å². The van der Waals surface area contributed by atoms with Crippen molar-refractivity contribution in [1.82, 2.24) is 0 Å². The molecule has 1 aromatic rings. The number of anilines is 1. The molecule has 0 spiro atoms. The quantitative estimate of drug-likeness (QED) is 0.852. The maximum Gasteiger partial charge on any atom is 0.256 e. The van der Waals surface area contributed by atoms with Crippen LogP contribution in [0.3, 0.4) is 0 Å². The lowest BCUT2D eigenvalue weighted by Crippen LogP contribution is -2.51. The van der Waals surface area contributed by atoms with Crippen LogP contribution in [0.15, 0.2) is 24.3 Å². The van der Waals surface area contributed by atoms with Crippen LogP contribution in [0.25, 0.3) is 0 Å². The zero-order chi connectivity index (χ0) is 12.8. The molecular formula is C14H18N2O2. The van der Waals surface area contributed by atoms with Crippen molar-refractivity contribution in [2.75, 3.05) is 11.9 Å². The third-order valence-corrected chi connectivity index (χ3v) is 3.98. The highest BCUT2D eigenvalue weighted by molar-refractivity contribution is 5.98. The number of amides is 1. The van der Waals surface area contributed by atoms with E-state index in [0.717, 1.165) is 24.1 Å². The van der Waals surface area contributed by atoms with Gasteiger partial charge in [-0.1, -0.05) is 19.1 Å². The highest BCUT2D eigenvalue weighted by atomic mass is 16.5. The number of rotatable bonds is 3. The molecular weight excluding hydrogens is 228 g/mol. The number of hydrogen-bond donors (Lipinski definition) is 2. The fraction of sp³-hybridized carbons (Fsp3) is 0.500. The first kappa shape index (κ1) is 11.7. The van der Waals surface area contributed by atoms with E-state index >= 15 is 0 Å². The number of hydrogen-bond acceptors (Lipinski definition) is 3. The SMILES string of the molecule is CC12COC(C(=O)Nc3ccc(CN)cc3)(C1)C2. The van der Waals surface area contributed by atoms with Crippen molar-refractivity contribution in [3.05, 3.63) is 29.8 Å². The summed E-state index contributed by atoms with van der Waals surface area (Å²) in [6, 6.07) is 7.61. The van der Waals surface area contributed by atoms with E-state index in [1.807, 2.05) is 24.3 Å². The average Bonchev–Trinajstić information content (AvgIpc) is 2.84. The summed E-state index contributed by atoms with van der Waals surface area (Å²) in [6.45, 7) is 3.38. The van der Waals surface area contributed by atoms with E-state index in [-0.39, 0.29) is 11.3 Å². The van der Waals surface area contributed by atoms with Crippen molar-refractivity contribution in [3.8, 4) is 0 Å². The largest absolute Gasteiger partial charge is 0.365 e. The number of carbonyl (C=O) groups excluding carboxylic acids is 1. The molecule has 2 bridgehead atoms. The van der Waals surface area contributed by atoms with Crippen LogP contribution in [-0.2, 0) is 16.1 Å². The number of nitrogens with one attached hydrogen (secondary N) is 1. The Morgan fingerprint density at radius 2 is 2.06 bits per heavy atom. The van der Waals surface area contributed by atoms with Crippen LogP contribution in [0.1, 0.15) is 25.3 Å². The maximum absolute atomic E-state index is 12.2. The van der Waals surface area contributed by atoms with Gasteiger partial charge in [0.15, 0.2) is 0 Å². The summed E-state index contributed by atoms with van der Waals surface area (Å²) < 4.78 is 5.66. The summed E-state index contributed by atoms with van der Waals surface area (Å²) >= 11 is 0. The molecule has 0 aromatic heterocycles. The van der Waals surface area contributed by atoms with Gasteiger partial charge in [-0.15, -0.1) is 0 Å². The van der Waals surface area contributed by atoms with Gasteiger partial charge in [0.2, 0.25) is 0 Å². The molecule has 3 aliphatic rings. The fourth-order valence-corrected chi connectivity index (χ4v) is 3.04. The lowest BCUT2D eigenvalue weighted by molar-refractivity contribution is -0.139. The summed E-state index contributed by atoms with van der Waals surface area (Å²) in [5.41, 5.74) is 7.05. The minimum atomic E-state index is -0.568. The number of ether oxygens (including phenoxy) is 1. The first-order valence-electron chi connectivity index (χ1n) is 6.30. The molecule has 2 heterocycles. The predicted molar refractivity (Wildman–Crippen MR) is 69.0 cm³/mol. The standard InChI is InChI=1S/C14H18N2O2/c1-13-7-14(8-13,18-9-13)12(17)16-11-4-2-10(6-15)3-5-11/h2-5H,6-9,15H2,1H3,(H,16,17). The highest BCUT2D eigenvalue weighted by Gasteiger charge is 2.63. The lowest BCUT2D eigenvalue weighted by Gasteiger charge is -2.40. The Hall–Kier alpha value is -1.39. The number of carbonyl (C=O) groups is 1. The fourth-order valence-electron chi connectivity index (χ4n) is 3.04. The lowest BCUT2D eigenvalue weighted by atomic mass is 9.63. The van der Waals surface area contributed by atoms with Gasteiger partial charge in [0.05, 0.1) is 6.61 Å². The molecule has 4 nitrogen and oxygen atoms in total. The van der Waals surface area contributed by atoms with Crippen molar-refractivity contribution < 1.29 is 9.53 Å². The van der Waals surface area contributed by atoms with Gasteiger partial charge in [-0.25, -0.2) is 0 Å². The zero-order valence-corrected chi connectivity index (χ0v) is 10.5. The van der Waals surface area contributed by atoms with Gasteiger partial charge in [-0.05, 0) is 36.0 Å². The Morgan fingerprint density at radius 3 is 2.56 bits per heavy atom. The van der Waals surface area contributed by atoms with Gasteiger partial charge in [0.1, 0.15) is 5.60 Å². The summed E-state index contributed by atoms with van der Waals surface area (Å²) in [7, 11) is 0. The van der Waals surface area contributed by atoms with Gasteiger partial charge in [0.25, 0.3) is 5.91 Å². The smallest absolute Gasteiger partial charge is 0.256 e. The molecule has 4 rings (SSSR count). The normalized spacial score (nSPS) is 33.0. The first-order valence-corrected chi connectivity index (χ1v) is 6.30. The molecule has 0 radical (unpaired) electrons. The summed E-state index contributed by atoms with van der Waals surface area (Å²) in [5.74, 6) is -0.0158. The molecule has 18 heavy (non-hydrogen) atoms. The Balaban J connectivity index is 1.68. The van der Waals surface area contributed by atoms with Gasteiger partial charge in [-0.2, -0.15) is 0 Å². The van der Waals surface area contributed by atoms with Crippen LogP contribution in [0.2, 0.25) is 0 Å². The molecule has 1 aromatic carbocycles. The van der Waals surface area contributed by atoms with E-state index in [0.29, 0.717) is 13.2 Å². The monoisotopic (exact) mass is 246 g/mol. The van der Waals surface area contributed by atoms with Gasteiger partial charge < -0.3 is 15.8 Å². The van der Waals surface area contributed by atoms with Crippen LogP contribution >= 0.6 is 0 Å². The van der Waals surface area contributed by atoms with E-state index in [1.54, 1.807) is 0 Å². The van der Waals surface area contributed by atoms with Crippen molar-refractivity contribution in [2.24, 2.45) is 11.1 Å². The highest BCUT2D eigenvalue weighted by Crippen LogP contribution is 2.57. The molecule has 2 saturated heterocycles. The van der Waals surface area contributed by atoms with E-state index in [1.165, 1.54) is 0 Å². The molecule has 0 atom stereocenters. The van der Waals surface area contributed by atoms with Crippen molar-refractivity contribution in [1.29, 1.82) is 0 Å². The Bertz CT molecular complexity index is 475. The second-order valence-electron chi connectivity index (χ2n) is 5.80. The topological polar surface area (TPSA) is 64.3 Å². The molecule has 2 aliphatic heterocycles. The molecule has 1 amide bonds. The first-order chi connectivity index (χ1) is 8.55. The van der Waals surface area contributed by atoms with Crippen LogP contribution in [-0.4, -0.2) is 18.1 Å². The van der Waals surface area contributed by atoms with Gasteiger partial charge >= 0.3 is 0 Å². The van der Waals surface area contributed by atoms with Gasteiger partial charge in [0, 0.05) is 12.2 Å². The third kappa shape index (κ3) is 1.72. The second-order valence-corrected chi connectivity index (χ2v) is 5.80. The van der Waals surface area contributed by atoms with Crippen LogP contribution in [0.5, 0.6) is 0 Å². The minimum Gasteiger partial charge on any atom is -0.365 e. The van der Waals surface area contributed by atoms with Gasteiger partial charge in [-0.3, -0.25) is 4.79 Å². The molecule has 4 heteroatoms. The molecule has 3 fully saturated rings. The van der Waals surface area contributed by atoms with Crippen molar-refractivity contribution in [3.63, 3.8) is 0 Å². The van der Waals surface area contributed by atoms with Crippen LogP contribution in [0.4, 0.5) is 5.69 Å². The molecule has 1 aliphatic carbocycles. The number of nitrogens with two attached hydrogens (primary N) is 1. The minimum absolute atomic E-state index is 0.0158. The Kier molecular flexibility index (Phi) is 2.47. The Labute approximate surface area is 107 Å². The van der Waals surface area contributed by atoms with E-state index in [9.17, 15) is 4.79 Å². The summed E-state index contributed by atoms with van der Waals surface area (Å²) in [4.78, 5) is 12.2. The molecule has 1 saturated carbocycles. The molecule has 3 N–H and O–H groups in total. The summed E-state index contributed by atoms with van der Waals surface area (Å²) in [5, 5.41) is 2.93. The third-order valence-electron chi connectivity index (χ3n) is 3.98. The number of fused-ring (bicyclic) bond motifs is 1. The molecule has 96 valence electrons. The maximum atomic E-state index is 12.2. The van der Waals surface area contributed by atoms with E-state index < -0.39 is 5.60 Å². The molecule has 0 unspecified atom stereocenters. The van der Waals surface area contributed by atoms with Crippen molar-refractivity contribution >= 4 is 11.6 Å². The Morgan fingerprint density at radius 1 is 1.39 bits per heavy atom. The van der Waals surface area contributed by atoms with Crippen molar-refractivity contribution in [2.45, 2.75) is 31.9 Å². The number of benzene rings is 1.